The Morgan fingerprint density at radius 3 is 1.74 bits per heavy atom. The molecule has 2 atom stereocenters. The van der Waals surface area contributed by atoms with Gasteiger partial charge in [0, 0.05) is 12.8 Å². The summed E-state index contributed by atoms with van der Waals surface area (Å²) in [5.74, 6) is 1.84. The molecule has 3 rings (SSSR count). The van der Waals surface area contributed by atoms with E-state index in [2.05, 4.69) is 55.6 Å². The van der Waals surface area contributed by atoms with E-state index in [1.807, 2.05) is 0 Å². The monoisotopic (exact) mass is 468 g/mol. The van der Waals surface area contributed by atoms with Crippen LogP contribution in [0.1, 0.15) is 36.8 Å². The largest absolute Gasteiger partial charge is 1.00 e. The molecule has 31 heavy (non-hydrogen) atoms. The van der Waals surface area contributed by atoms with Crippen molar-refractivity contribution in [1.82, 2.24) is 0 Å². The molecule has 0 saturated carbocycles. The van der Waals surface area contributed by atoms with Gasteiger partial charge in [0.2, 0.25) is 0 Å². The van der Waals surface area contributed by atoms with E-state index in [1.54, 1.807) is 14.2 Å². The molecule has 1 fully saturated rings. The van der Waals surface area contributed by atoms with E-state index >= 15 is 0 Å². The number of nitrogens with two attached hydrogens (primary N) is 1. The van der Waals surface area contributed by atoms with Crippen molar-refractivity contribution in [3.05, 3.63) is 59.7 Å². The van der Waals surface area contributed by atoms with Crippen LogP contribution in [-0.4, -0.2) is 50.9 Å². The summed E-state index contributed by atoms with van der Waals surface area (Å²) in [5, 5.41) is 0. The summed E-state index contributed by atoms with van der Waals surface area (Å²) in [6, 6.07) is 18.0. The fourth-order valence-corrected chi connectivity index (χ4v) is 4.78. The second kappa shape index (κ2) is 13.2. The van der Waals surface area contributed by atoms with Crippen molar-refractivity contribution >= 4 is 12.4 Å². The number of likely N-dealkylation sites (N-methyl/N-ethyl adjacent to an activating group) is 1. The molecule has 2 unspecified atom stereocenters. The van der Waals surface area contributed by atoms with Crippen LogP contribution < -0.4 is 27.6 Å². The molecule has 2 aromatic carbocycles. The highest BCUT2D eigenvalue weighted by molar-refractivity contribution is 5.85. The zero-order valence-corrected chi connectivity index (χ0v) is 20.6. The van der Waals surface area contributed by atoms with Gasteiger partial charge in [0.25, 0.3) is 0 Å². The van der Waals surface area contributed by atoms with Crippen molar-refractivity contribution in [2.75, 3.05) is 34.4 Å². The number of hydrogen-bond acceptors (Lipinski definition) is 3. The number of aryl methyl sites for hydroxylation is 2. The number of halogens is 2. The molecule has 1 aliphatic heterocycles. The number of hydrogen-bond donors (Lipinski definition) is 1. The molecule has 1 heterocycles. The van der Waals surface area contributed by atoms with Gasteiger partial charge in [-0.25, -0.2) is 0 Å². The minimum absolute atomic E-state index is 0. The quantitative estimate of drug-likeness (QED) is 0.568. The van der Waals surface area contributed by atoms with Gasteiger partial charge in [-0.2, -0.15) is 0 Å². The van der Waals surface area contributed by atoms with E-state index < -0.39 is 0 Å². The predicted molar refractivity (Wildman–Crippen MR) is 127 cm³/mol. The summed E-state index contributed by atoms with van der Waals surface area (Å²) in [6.07, 6.45) is 6.97. The van der Waals surface area contributed by atoms with Crippen LogP contribution in [0, 0.1) is 0 Å². The van der Waals surface area contributed by atoms with Crippen molar-refractivity contribution in [2.24, 2.45) is 5.73 Å². The molecular weight excluding hydrogens is 431 g/mol. The molecular formula is C25H38Cl2N2O2. The summed E-state index contributed by atoms with van der Waals surface area (Å²) >= 11 is 0. The van der Waals surface area contributed by atoms with Gasteiger partial charge in [-0.15, -0.1) is 12.4 Å². The first-order chi connectivity index (χ1) is 14.0. The maximum atomic E-state index is 6.38. The van der Waals surface area contributed by atoms with E-state index in [0.717, 1.165) is 41.8 Å². The summed E-state index contributed by atoms with van der Waals surface area (Å²) in [7, 11) is 5.86. The van der Waals surface area contributed by atoms with Crippen molar-refractivity contribution < 1.29 is 26.4 Å². The molecule has 2 N–H and O–H groups in total. The summed E-state index contributed by atoms with van der Waals surface area (Å²) in [4.78, 5) is 0. The summed E-state index contributed by atoms with van der Waals surface area (Å²) in [5.41, 5.74) is 9.15. The number of likely N-dealkylation sites (tertiary alicyclic amines) is 1. The number of piperidine rings is 1. The lowest BCUT2D eigenvalue weighted by atomic mass is 9.92. The fraction of sp³-hybridized carbons (Fsp3) is 0.520. The van der Waals surface area contributed by atoms with Crippen LogP contribution in [0.25, 0.3) is 0 Å². The van der Waals surface area contributed by atoms with Gasteiger partial charge in [-0.3, -0.25) is 0 Å². The van der Waals surface area contributed by atoms with Crippen molar-refractivity contribution in [1.29, 1.82) is 0 Å². The normalized spacial score (nSPS) is 20.5. The number of methoxy groups -OCH3 is 2. The zero-order valence-electron chi connectivity index (χ0n) is 19.1. The third-order valence-electron chi connectivity index (χ3n) is 6.63. The highest BCUT2D eigenvalue weighted by Gasteiger charge is 2.36. The average molecular weight is 469 g/mol. The van der Waals surface area contributed by atoms with Crippen LogP contribution in [0.5, 0.6) is 11.5 Å². The Hall–Kier alpha value is -1.46. The van der Waals surface area contributed by atoms with Crippen LogP contribution in [-0.2, 0) is 12.8 Å². The average Bonchev–Trinajstić information content (AvgIpc) is 2.74. The maximum Gasteiger partial charge on any atom is 0.118 e. The number of rotatable bonds is 9. The Morgan fingerprint density at radius 2 is 1.35 bits per heavy atom. The topological polar surface area (TPSA) is 44.5 Å². The van der Waals surface area contributed by atoms with E-state index in [0.29, 0.717) is 12.1 Å². The van der Waals surface area contributed by atoms with Gasteiger partial charge in [-0.05, 0) is 61.1 Å². The molecule has 1 saturated heterocycles. The van der Waals surface area contributed by atoms with Gasteiger partial charge in [0.1, 0.15) is 11.5 Å². The van der Waals surface area contributed by atoms with Gasteiger partial charge in [0.15, 0.2) is 0 Å². The summed E-state index contributed by atoms with van der Waals surface area (Å²) < 4.78 is 11.7. The first kappa shape index (κ1) is 27.6. The van der Waals surface area contributed by atoms with Crippen LogP contribution >= 0.6 is 12.4 Å². The van der Waals surface area contributed by atoms with Crippen LogP contribution in [0.2, 0.25) is 0 Å². The molecule has 2 aromatic rings. The Morgan fingerprint density at radius 1 is 0.903 bits per heavy atom. The maximum absolute atomic E-state index is 6.38. The number of ether oxygens (including phenoxy) is 2. The molecule has 4 nitrogen and oxygen atoms in total. The lowest BCUT2D eigenvalue weighted by Gasteiger charge is -2.46. The van der Waals surface area contributed by atoms with Crippen molar-refractivity contribution in [3.8, 4) is 11.5 Å². The van der Waals surface area contributed by atoms with Crippen molar-refractivity contribution in [3.63, 3.8) is 0 Å². The molecule has 6 heteroatoms. The molecule has 1 aliphatic rings. The molecule has 0 amide bonds. The van der Waals surface area contributed by atoms with E-state index in [1.165, 1.54) is 36.9 Å². The predicted octanol–water partition coefficient (Wildman–Crippen LogP) is 1.63. The van der Waals surface area contributed by atoms with Crippen molar-refractivity contribution in [2.45, 2.75) is 50.6 Å². The second-order valence-electron chi connectivity index (χ2n) is 8.72. The Labute approximate surface area is 200 Å². The number of quaternary nitrogens is 1. The first-order valence-corrected chi connectivity index (χ1v) is 10.9. The van der Waals surface area contributed by atoms with E-state index in [-0.39, 0.29) is 24.8 Å². The van der Waals surface area contributed by atoms with E-state index in [9.17, 15) is 0 Å². The number of benzene rings is 2. The minimum Gasteiger partial charge on any atom is -1.00 e. The molecule has 0 aliphatic carbocycles. The molecule has 0 radical (unpaired) electrons. The van der Waals surface area contributed by atoms with E-state index in [4.69, 9.17) is 15.2 Å². The molecule has 0 spiro atoms. The highest BCUT2D eigenvalue weighted by Crippen LogP contribution is 2.27. The smallest absolute Gasteiger partial charge is 0.118 e. The fourth-order valence-electron chi connectivity index (χ4n) is 4.78. The Kier molecular flexibility index (Phi) is 11.7. The molecule has 174 valence electrons. The Balaban J connectivity index is 0.00000240. The van der Waals surface area contributed by atoms with Gasteiger partial charge in [0.05, 0.1) is 46.4 Å². The SMILES string of the molecule is COc1ccc(CCC(CCc2ccc(OC)cc2)[N+]2(C)CCCC(N)C2)cc1.Cl.[Cl-]. The van der Waals surface area contributed by atoms with Crippen LogP contribution in [0.15, 0.2) is 48.5 Å². The molecule has 0 aromatic heterocycles. The minimum atomic E-state index is 0. The zero-order chi connectivity index (χ0) is 20.7. The van der Waals surface area contributed by atoms with Gasteiger partial charge in [-0.1, -0.05) is 24.3 Å². The summed E-state index contributed by atoms with van der Waals surface area (Å²) in [6.45, 7) is 2.33. The lowest BCUT2D eigenvalue weighted by molar-refractivity contribution is -0.939. The first-order valence-electron chi connectivity index (χ1n) is 10.9. The van der Waals surface area contributed by atoms with Gasteiger partial charge < -0.3 is 32.1 Å². The Bertz CT molecular complexity index is 704. The third kappa shape index (κ3) is 7.87. The third-order valence-corrected chi connectivity index (χ3v) is 6.63. The van der Waals surface area contributed by atoms with Gasteiger partial charge >= 0.3 is 0 Å². The molecule has 0 bridgehead atoms. The van der Waals surface area contributed by atoms with Crippen LogP contribution in [0.3, 0.4) is 0 Å². The number of nitrogens with zero attached hydrogens (tertiary/aromatic N) is 1. The second-order valence-corrected chi connectivity index (χ2v) is 8.72. The highest BCUT2D eigenvalue weighted by atomic mass is 35.5. The standard InChI is InChI=1S/C25H37N2O2.2ClH/c1-27(18-4-5-22(26)19-27)23(12-6-20-8-14-24(28-2)15-9-20)13-7-21-10-16-25(29-3)17-11-21;;/h8-11,14-17,22-23H,4-7,12-13,18-19,26H2,1-3H3;2*1H/q+1;;/p-1. The lowest BCUT2D eigenvalue weighted by Crippen LogP contribution is -3.00. The van der Waals surface area contributed by atoms with Crippen LogP contribution in [0.4, 0.5) is 0 Å².